The van der Waals surface area contributed by atoms with Gasteiger partial charge in [-0.3, -0.25) is 14.2 Å². The zero-order chi connectivity index (χ0) is 20.4. The van der Waals surface area contributed by atoms with Gasteiger partial charge in [0.1, 0.15) is 11.6 Å². The van der Waals surface area contributed by atoms with Gasteiger partial charge in [-0.25, -0.2) is 9.78 Å². The Bertz CT molecular complexity index is 851. The third-order valence-electron chi connectivity index (χ3n) is 3.85. The molecule has 0 aliphatic rings. The highest BCUT2D eigenvalue weighted by molar-refractivity contribution is 5.83. The molecule has 0 aliphatic heterocycles. The molecule has 2 aromatic heterocycles. The first-order valence-corrected chi connectivity index (χ1v) is 9.14. The maximum Gasteiger partial charge on any atom is 0.349 e. The molecule has 0 atom stereocenters. The van der Waals surface area contributed by atoms with Gasteiger partial charge in [0.25, 0.3) is 0 Å². The van der Waals surface area contributed by atoms with E-state index in [1.165, 1.54) is 11.5 Å². The molecule has 9 nitrogen and oxygen atoms in total. The lowest BCUT2D eigenvalue weighted by Crippen LogP contribution is -2.26. The fraction of sp³-hybridized carbons (Fsp3) is 0.421. The largest absolute Gasteiger partial charge is 0.393 e. The van der Waals surface area contributed by atoms with Crippen LogP contribution < -0.4 is 16.3 Å². The quantitative estimate of drug-likeness (QED) is 0.360. The van der Waals surface area contributed by atoms with Crippen molar-refractivity contribution in [3.8, 4) is 0 Å². The first-order chi connectivity index (χ1) is 13.5. The lowest BCUT2D eigenvalue weighted by molar-refractivity contribution is -0.158. The van der Waals surface area contributed by atoms with Crippen LogP contribution in [0.1, 0.15) is 31.7 Å². The van der Waals surface area contributed by atoms with E-state index in [9.17, 15) is 14.4 Å². The van der Waals surface area contributed by atoms with Crippen LogP contribution in [0.4, 0.5) is 11.6 Å². The van der Waals surface area contributed by atoms with E-state index < -0.39 is 11.9 Å². The second-order valence-corrected chi connectivity index (χ2v) is 6.24. The first-order valence-electron chi connectivity index (χ1n) is 9.14. The van der Waals surface area contributed by atoms with E-state index in [-0.39, 0.29) is 12.1 Å². The van der Waals surface area contributed by atoms with Crippen molar-refractivity contribution in [2.45, 2.75) is 39.7 Å². The molecule has 2 heterocycles. The first kappa shape index (κ1) is 21.1. The number of anilines is 2. The topological polar surface area (TPSA) is 115 Å². The van der Waals surface area contributed by atoms with Crippen LogP contribution in [0, 0.1) is 6.92 Å². The van der Waals surface area contributed by atoms with Crippen molar-refractivity contribution < 1.29 is 14.3 Å². The van der Waals surface area contributed by atoms with Crippen molar-refractivity contribution in [3.63, 3.8) is 0 Å². The van der Waals surface area contributed by atoms with E-state index in [1.807, 2.05) is 25.1 Å². The van der Waals surface area contributed by atoms with Crippen LogP contribution in [0.3, 0.4) is 0 Å². The minimum absolute atomic E-state index is 0.143. The number of aromatic nitrogens is 3. The third-order valence-corrected chi connectivity index (χ3v) is 3.85. The van der Waals surface area contributed by atoms with E-state index >= 15 is 0 Å². The van der Waals surface area contributed by atoms with E-state index in [4.69, 9.17) is 0 Å². The van der Waals surface area contributed by atoms with Crippen LogP contribution in [-0.2, 0) is 20.9 Å². The summed E-state index contributed by atoms with van der Waals surface area (Å²) in [5, 5.41) is 6.32. The number of carbonyl (C=O) groups is 2. The van der Waals surface area contributed by atoms with Crippen molar-refractivity contribution in [3.05, 3.63) is 46.6 Å². The molecule has 0 spiro atoms. The molecule has 28 heavy (non-hydrogen) atoms. The van der Waals surface area contributed by atoms with Gasteiger partial charge in [-0.15, -0.1) is 0 Å². The summed E-state index contributed by atoms with van der Waals surface area (Å²) >= 11 is 0. The predicted molar refractivity (Wildman–Crippen MR) is 105 cm³/mol. The van der Waals surface area contributed by atoms with Crippen molar-refractivity contribution in [2.75, 3.05) is 23.7 Å². The summed E-state index contributed by atoms with van der Waals surface area (Å²) in [5.74, 6) is 0.179. The van der Waals surface area contributed by atoms with E-state index in [0.29, 0.717) is 38.3 Å². The van der Waals surface area contributed by atoms with Crippen LogP contribution >= 0.6 is 0 Å². The van der Waals surface area contributed by atoms with Gasteiger partial charge in [-0.1, -0.05) is 6.07 Å². The zero-order valence-electron chi connectivity index (χ0n) is 16.1. The number of nitrogens with one attached hydrogen (secondary N) is 2. The zero-order valence-corrected chi connectivity index (χ0v) is 16.1. The fourth-order valence-corrected chi connectivity index (χ4v) is 2.54. The number of hydrogen-bond acceptors (Lipinski definition) is 8. The number of aryl methyl sites for hydroxylation is 2. The van der Waals surface area contributed by atoms with Crippen LogP contribution in [0.15, 0.2) is 35.4 Å². The third kappa shape index (κ3) is 7.18. The smallest absolute Gasteiger partial charge is 0.349 e. The Labute approximate surface area is 163 Å². The lowest BCUT2D eigenvalue weighted by atomic mass is 10.2. The molecule has 2 N–H and O–H groups in total. The fourth-order valence-electron chi connectivity index (χ4n) is 2.54. The Kier molecular flexibility index (Phi) is 8.13. The summed E-state index contributed by atoms with van der Waals surface area (Å²) < 4.78 is 5.98. The van der Waals surface area contributed by atoms with Gasteiger partial charge in [-0.2, -0.15) is 4.98 Å². The molecule has 0 amide bonds. The van der Waals surface area contributed by atoms with Gasteiger partial charge >= 0.3 is 17.6 Å². The molecule has 0 bridgehead atoms. The standard InChI is InChI=1S/C19H25N5O4/c1-14-13-24(12-6-4-8-17(26)28-15(2)25)19(27)23-18(14)22-11-10-21-16-7-3-5-9-20-16/h3,5,7,9,13H,4,6,8,10-12H2,1-2H3,(H,20,21)(H,22,23,27). The van der Waals surface area contributed by atoms with E-state index in [0.717, 1.165) is 11.4 Å². The minimum Gasteiger partial charge on any atom is -0.393 e. The summed E-state index contributed by atoms with van der Waals surface area (Å²) in [5.41, 5.74) is 0.505. The van der Waals surface area contributed by atoms with E-state index in [1.54, 1.807) is 12.4 Å². The molecule has 0 aromatic carbocycles. The number of carbonyl (C=O) groups excluding carboxylic acids is 2. The average molecular weight is 387 g/mol. The Morgan fingerprint density at radius 2 is 1.96 bits per heavy atom. The average Bonchev–Trinajstić information content (AvgIpc) is 2.65. The maximum atomic E-state index is 12.2. The number of rotatable bonds is 10. The van der Waals surface area contributed by atoms with Gasteiger partial charge in [-0.05, 0) is 31.9 Å². The molecule has 0 unspecified atom stereocenters. The number of pyridine rings is 1. The Hall–Kier alpha value is -3.23. The monoisotopic (exact) mass is 387 g/mol. The predicted octanol–water partition coefficient (Wildman–Crippen LogP) is 1.73. The molecule has 0 radical (unpaired) electrons. The van der Waals surface area contributed by atoms with Gasteiger partial charge < -0.3 is 15.4 Å². The summed E-state index contributed by atoms with van der Waals surface area (Å²) in [7, 11) is 0. The summed E-state index contributed by atoms with van der Waals surface area (Å²) in [6.45, 7) is 4.74. The number of hydrogen-bond donors (Lipinski definition) is 2. The van der Waals surface area contributed by atoms with Crippen molar-refractivity contribution in [1.82, 2.24) is 14.5 Å². The molecular weight excluding hydrogens is 362 g/mol. The maximum absolute atomic E-state index is 12.2. The number of unbranched alkanes of at least 4 members (excludes halogenated alkanes) is 1. The Morgan fingerprint density at radius 1 is 1.18 bits per heavy atom. The SMILES string of the molecule is CC(=O)OC(=O)CCCCn1cc(C)c(NCCNc2ccccn2)nc1=O. The van der Waals surface area contributed by atoms with Gasteiger partial charge in [0, 0.05) is 50.9 Å². The Balaban J connectivity index is 1.77. The lowest BCUT2D eigenvalue weighted by Gasteiger charge is -2.12. The number of nitrogens with zero attached hydrogens (tertiary/aromatic N) is 3. The minimum atomic E-state index is -0.612. The number of ether oxygens (including phenoxy) is 1. The van der Waals surface area contributed by atoms with Crippen molar-refractivity contribution >= 4 is 23.6 Å². The van der Waals surface area contributed by atoms with Crippen LogP contribution in [0.2, 0.25) is 0 Å². The molecule has 2 aromatic rings. The van der Waals surface area contributed by atoms with E-state index in [2.05, 4.69) is 25.3 Å². The van der Waals surface area contributed by atoms with Crippen molar-refractivity contribution in [2.24, 2.45) is 0 Å². The summed E-state index contributed by atoms with van der Waals surface area (Å²) in [6.07, 6.45) is 4.74. The second kappa shape index (κ2) is 10.8. The summed E-state index contributed by atoms with van der Waals surface area (Å²) in [6, 6.07) is 5.63. The highest BCUT2D eigenvalue weighted by Gasteiger charge is 2.08. The van der Waals surface area contributed by atoms with Gasteiger partial charge in [0.15, 0.2) is 0 Å². The molecule has 0 fully saturated rings. The molecule has 9 heteroatoms. The van der Waals surface area contributed by atoms with Crippen molar-refractivity contribution in [1.29, 1.82) is 0 Å². The van der Waals surface area contributed by atoms with Crippen LogP contribution in [-0.4, -0.2) is 39.6 Å². The highest BCUT2D eigenvalue weighted by Crippen LogP contribution is 2.08. The van der Waals surface area contributed by atoms with Gasteiger partial charge in [0.05, 0.1) is 0 Å². The van der Waals surface area contributed by atoms with Gasteiger partial charge in [0.2, 0.25) is 0 Å². The normalized spacial score (nSPS) is 10.4. The number of esters is 2. The van der Waals surface area contributed by atoms with Crippen LogP contribution in [0.25, 0.3) is 0 Å². The Morgan fingerprint density at radius 3 is 2.68 bits per heavy atom. The molecule has 0 aliphatic carbocycles. The highest BCUT2D eigenvalue weighted by atomic mass is 16.6. The second-order valence-electron chi connectivity index (χ2n) is 6.24. The molecule has 0 saturated carbocycles. The molecular formula is C19H25N5O4. The molecule has 2 rings (SSSR count). The molecule has 150 valence electrons. The van der Waals surface area contributed by atoms with Crippen LogP contribution in [0.5, 0.6) is 0 Å². The molecule has 0 saturated heterocycles. The summed E-state index contributed by atoms with van der Waals surface area (Å²) in [4.78, 5) is 42.4.